The van der Waals surface area contributed by atoms with Gasteiger partial charge in [0.25, 0.3) is 0 Å². The van der Waals surface area contributed by atoms with Crippen molar-refractivity contribution in [2.45, 2.75) is 23.8 Å². The molecule has 0 bridgehead atoms. The molecule has 1 amide bonds. The van der Waals surface area contributed by atoms with Crippen molar-refractivity contribution in [3.05, 3.63) is 12.4 Å². The van der Waals surface area contributed by atoms with Crippen LogP contribution in [0.3, 0.4) is 0 Å². The minimum atomic E-state index is -4.00. The number of aromatic nitrogens is 2. The average molecular weight is 290 g/mol. The van der Waals surface area contributed by atoms with Crippen molar-refractivity contribution in [2.24, 2.45) is 12.8 Å². The van der Waals surface area contributed by atoms with Gasteiger partial charge in [-0.15, -0.1) is 0 Å². The second-order valence-electron chi connectivity index (χ2n) is 3.87. The number of carboxylic acids is 1. The van der Waals surface area contributed by atoms with Gasteiger partial charge in [0.15, 0.2) is 0 Å². The summed E-state index contributed by atoms with van der Waals surface area (Å²) in [4.78, 5) is 21.4. The molecule has 1 aromatic heterocycles. The van der Waals surface area contributed by atoms with Gasteiger partial charge < -0.3 is 10.8 Å². The highest BCUT2D eigenvalue weighted by Crippen LogP contribution is 2.09. The number of rotatable bonds is 7. The molecule has 0 aliphatic carbocycles. The van der Waals surface area contributed by atoms with Gasteiger partial charge in [-0.1, -0.05) is 0 Å². The van der Waals surface area contributed by atoms with Gasteiger partial charge in [-0.2, -0.15) is 9.82 Å². The van der Waals surface area contributed by atoms with Crippen LogP contribution in [0.4, 0.5) is 0 Å². The van der Waals surface area contributed by atoms with Crippen molar-refractivity contribution in [2.75, 3.05) is 0 Å². The molecule has 0 radical (unpaired) electrons. The summed E-state index contributed by atoms with van der Waals surface area (Å²) in [5.74, 6) is -2.08. The van der Waals surface area contributed by atoms with Gasteiger partial charge in [-0.05, 0) is 6.42 Å². The number of carbonyl (C=O) groups is 2. The van der Waals surface area contributed by atoms with E-state index in [9.17, 15) is 18.0 Å². The summed E-state index contributed by atoms with van der Waals surface area (Å²) in [6, 6.07) is -1.42. The van der Waals surface area contributed by atoms with E-state index in [1.54, 1.807) is 0 Å². The van der Waals surface area contributed by atoms with E-state index in [0.29, 0.717) is 0 Å². The largest absolute Gasteiger partial charge is 0.480 e. The smallest absolute Gasteiger partial charge is 0.321 e. The third kappa shape index (κ3) is 4.34. The summed E-state index contributed by atoms with van der Waals surface area (Å²) in [6.45, 7) is 0. The number of aryl methyl sites for hydroxylation is 1. The fraction of sp³-hybridized carbons (Fsp3) is 0.444. The third-order valence-electron chi connectivity index (χ3n) is 2.27. The van der Waals surface area contributed by atoms with Gasteiger partial charge in [-0.25, -0.2) is 8.42 Å². The van der Waals surface area contributed by atoms with Crippen LogP contribution in [0.15, 0.2) is 17.3 Å². The standard InChI is InChI=1S/C9H14N4O5S/c1-13-5-6(4-11-13)19(17,18)12-7(9(15)16)2-3-8(10)14/h4-5,7,12H,2-3H2,1H3,(H2,10,14)(H,15,16)/t7-/m1/s1. The molecule has 1 aromatic rings. The predicted molar refractivity (Wildman–Crippen MR) is 63.4 cm³/mol. The number of nitrogens with one attached hydrogen (secondary N) is 1. The molecule has 4 N–H and O–H groups in total. The van der Waals surface area contributed by atoms with E-state index < -0.39 is 27.9 Å². The van der Waals surface area contributed by atoms with E-state index in [0.717, 1.165) is 6.20 Å². The van der Waals surface area contributed by atoms with E-state index in [2.05, 4.69) is 5.10 Å². The Morgan fingerprint density at radius 2 is 2.21 bits per heavy atom. The van der Waals surface area contributed by atoms with Gasteiger partial charge in [0.2, 0.25) is 15.9 Å². The Morgan fingerprint density at radius 1 is 1.58 bits per heavy atom. The fourth-order valence-corrected chi connectivity index (χ4v) is 2.52. The van der Waals surface area contributed by atoms with Crippen molar-refractivity contribution >= 4 is 21.9 Å². The summed E-state index contributed by atoms with van der Waals surface area (Å²) in [7, 11) is -2.47. The van der Waals surface area contributed by atoms with E-state index in [1.807, 2.05) is 4.72 Å². The maximum atomic E-state index is 11.9. The molecule has 0 saturated heterocycles. The summed E-state index contributed by atoms with van der Waals surface area (Å²) < 4.78 is 27.0. The lowest BCUT2D eigenvalue weighted by Crippen LogP contribution is -2.41. The van der Waals surface area contributed by atoms with Crippen molar-refractivity contribution in [3.8, 4) is 0 Å². The topological polar surface area (TPSA) is 144 Å². The van der Waals surface area contributed by atoms with Crippen molar-refractivity contribution in [1.82, 2.24) is 14.5 Å². The van der Waals surface area contributed by atoms with Crippen LogP contribution < -0.4 is 10.5 Å². The lowest BCUT2D eigenvalue weighted by atomic mass is 10.2. The molecule has 0 saturated carbocycles. The van der Waals surface area contributed by atoms with Gasteiger partial charge in [0.1, 0.15) is 10.9 Å². The Labute approximate surface area is 109 Å². The second kappa shape index (κ2) is 5.80. The summed E-state index contributed by atoms with van der Waals surface area (Å²) in [5, 5.41) is 12.6. The number of hydrogen-bond acceptors (Lipinski definition) is 5. The highest BCUT2D eigenvalue weighted by Gasteiger charge is 2.26. The molecule has 1 atom stereocenters. The number of nitrogens with two attached hydrogens (primary N) is 1. The number of nitrogens with zero attached hydrogens (tertiary/aromatic N) is 2. The molecular formula is C9H14N4O5S. The summed E-state index contributed by atoms with van der Waals surface area (Å²) in [5.41, 5.74) is 4.90. The first-order valence-electron chi connectivity index (χ1n) is 5.24. The van der Waals surface area contributed by atoms with Gasteiger partial charge in [-0.3, -0.25) is 14.3 Å². The Hall–Kier alpha value is -1.94. The van der Waals surface area contributed by atoms with Gasteiger partial charge in [0.05, 0.1) is 6.20 Å². The zero-order valence-electron chi connectivity index (χ0n) is 10.1. The zero-order valence-corrected chi connectivity index (χ0v) is 10.9. The molecule has 1 heterocycles. The first-order chi connectivity index (χ1) is 8.72. The Bertz CT molecular complexity index is 579. The minimum Gasteiger partial charge on any atom is -0.480 e. The van der Waals surface area contributed by atoms with Crippen LogP contribution in [0.5, 0.6) is 0 Å². The Kier molecular flexibility index (Phi) is 4.62. The summed E-state index contributed by atoms with van der Waals surface area (Å²) >= 11 is 0. The summed E-state index contributed by atoms with van der Waals surface area (Å²) in [6.07, 6.45) is 1.88. The van der Waals surface area contributed by atoms with E-state index in [-0.39, 0.29) is 17.7 Å². The monoisotopic (exact) mass is 290 g/mol. The lowest BCUT2D eigenvalue weighted by molar-refractivity contribution is -0.139. The van der Waals surface area contributed by atoms with Crippen LogP contribution in [0.2, 0.25) is 0 Å². The zero-order chi connectivity index (χ0) is 14.6. The quantitative estimate of drug-likeness (QED) is 0.552. The van der Waals surface area contributed by atoms with Crippen LogP contribution in [-0.4, -0.2) is 41.2 Å². The molecule has 10 heteroatoms. The van der Waals surface area contributed by atoms with E-state index >= 15 is 0 Å². The Balaban J connectivity index is 2.84. The molecule has 19 heavy (non-hydrogen) atoms. The number of primary amides is 1. The second-order valence-corrected chi connectivity index (χ2v) is 5.58. The SMILES string of the molecule is Cn1cc(S(=O)(=O)N[C@H](CCC(N)=O)C(=O)O)cn1. The molecule has 0 fully saturated rings. The lowest BCUT2D eigenvalue weighted by Gasteiger charge is -2.12. The molecule has 0 aliphatic heterocycles. The maximum Gasteiger partial charge on any atom is 0.321 e. The molecule has 0 unspecified atom stereocenters. The van der Waals surface area contributed by atoms with Crippen LogP contribution in [0.1, 0.15) is 12.8 Å². The van der Waals surface area contributed by atoms with Gasteiger partial charge >= 0.3 is 5.97 Å². The minimum absolute atomic E-state index is 0.152. The van der Waals surface area contributed by atoms with Crippen LogP contribution >= 0.6 is 0 Å². The van der Waals surface area contributed by atoms with Crippen LogP contribution in [0, 0.1) is 0 Å². The number of carboxylic acid groups (broad SMARTS) is 1. The molecular weight excluding hydrogens is 276 g/mol. The first-order valence-corrected chi connectivity index (χ1v) is 6.73. The highest BCUT2D eigenvalue weighted by molar-refractivity contribution is 7.89. The number of hydrogen-bond donors (Lipinski definition) is 3. The van der Waals surface area contributed by atoms with Crippen molar-refractivity contribution in [1.29, 1.82) is 0 Å². The van der Waals surface area contributed by atoms with Crippen molar-refractivity contribution < 1.29 is 23.1 Å². The number of carbonyl (C=O) groups excluding carboxylic acids is 1. The molecule has 106 valence electrons. The number of aliphatic carboxylic acids is 1. The van der Waals surface area contributed by atoms with E-state index in [4.69, 9.17) is 10.8 Å². The molecule has 0 aliphatic rings. The van der Waals surface area contributed by atoms with Crippen molar-refractivity contribution in [3.63, 3.8) is 0 Å². The first kappa shape index (κ1) is 15.1. The molecule has 9 nitrogen and oxygen atoms in total. The number of sulfonamides is 1. The molecule has 0 aromatic carbocycles. The maximum absolute atomic E-state index is 11.9. The van der Waals surface area contributed by atoms with Crippen LogP contribution in [0.25, 0.3) is 0 Å². The Morgan fingerprint density at radius 3 is 2.63 bits per heavy atom. The average Bonchev–Trinajstić information content (AvgIpc) is 2.71. The molecule has 0 spiro atoms. The fourth-order valence-electron chi connectivity index (χ4n) is 1.31. The third-order valence-corrected chi connectivity index (χ3v) is 3.69. The normalized spacial score (nSPS) is 13.1. The molecule has 1 rings (SSSR count). The predicted octanol–water partition coefficient (Wildman–Crippen LogP) is -1.58. The van der Waals surface area contributed by atoms with E-state index in [1.165, 1.54) is 17.9 Å². The van der Waals surface area contributed by atoms with Crippen LogP contribution in [-0.2, 0) is 26.7 Å². The number of amides is 1. The van der Waals surface area contributed by atoms with Gasteiger partial charge in [0, 0.05) is 19.7 Å². The highest BCUT2D eigenvalue weighted by atomic mass is 32.2.